The van der Waals surface area contributed by atoms with Gasteiger partial charge in [-0.25, -0.2) is 15.8 Å². The van der Waals surface area contributed by atoms with Gasteiger partial charge in [-0.1, -0.05) is 6.92 Å². The van der Waals surface area contributed by atoms with Crippen LogP contribution in [0.15, 0.2) is 6.07 Å². The van der Waals surface area contributed by atoms with Crippen molar-refractivity contribution in [1.82, 2.24) is 9.97 Å². The van der Waals surface area contributed by atoms with Crippen LogP contribution >= 0.6 is 0 Å². The Balaban J connectivity index is 1.65. The minimum atomic E-state index is 0.374. The fraction of sp³-hybridized carbons (Fsp3) is 0.714. The van der Waals surface area contributed by atoms with E-state index in [2.05, 4.69) is 27.6 Å². The van der Waals surface area contributed by atoms with Crippen LogP contribution in [0.5, 0.6) is 0 Å². The molecule has 0 amide bonds. The number of anilines is 2. The Morgan fingerprint density at radius 2 is 2.10 bits per heavy atom. The third kappa shape index (κ3) is 3.02. The van der Waals surface area contributed by atoms with Gasteiger partial charge in [0.1, 0.15) is 17.5 Å². The van der Waals surface area contributed by atoms with Crippen LogP contribution in [0.3, 0.4) is 0 Å². The van der Waals surface area contributed by atoms with Gasteiger partial charge in [-0.2, -0.15) is 0 Å². The highest BCUT2D eigenvalue weighted by Crippen LogP contribution is 2.38. The fourth-order valence-electron chi connectivity index (χ4n) is 2.77. The van der Waals surface area contributed by atoms with Crippen molar-refractivity contribution in [3.8, 4) is 0 Å². The maximum Gasteiger partial charge on any atom is 0.145 e. The number of nitrogen functional groups attached to an aromatic ring is 1. The summed E-state index contributed by atoms with van der Waals surface area (Å²) >= 11 is 0. The molecule has 20 heavy (non-hydrogen) atoms. The molecule has 6 heteroatoms. The SMILES string of the molecule is CCC1OCCC1CNc1cc(NN)nc(C2CC2)n1. The van der Waals surface area contributed by atoms with Gasteiger partial charge in [0.2, 0.25) is 0 Å². The number of hydrazine groups is 1. The highest BCUT2D eigenvalue weighted by atomic mass is 16.5. The highest BCUT2D eigenvalue weighted by Gasteiger charge is 2.28. The van der Waals surface area contributed by atoms with Gasteiger partial charge >= 0.3 is 0 Å². The average Bonchev–Trinajstić information content (AvgIpc) is 3.24. The number of nitrogens with one attached hydrogen (secondary N) is 2. The molecule has 2 heterocycles. The first-order valence-corrected chi connectivity index (χ1v) is 7.51. The smallest absolute Gasteiger partial charge is 0.145 e. The van der Waals surface area contributed by atoms with Crippen molar-refractivity contribution in [1.29, 1.82) is 0 Å². The monoisotopic (exact) mass is 277 g/mol. The lowest BCUT2D eigenvalue weighted by Gasteiger charge is -2.18. The van der Waals surface area contributed by atoms with Crippen LogP contribution in [0, 0.1) is 5.92 Å². The van der Waals surface area contributed by atoms with Crippen molar-refractivity contribution >= 4 is 11.6 Å². The summed E-state index contributed by atoms with van der Waals surface area (Å²) in [6.45, 7) is 3.94. The van der Waals surface area contributed by atoms with Gasteiger partial charge in [0.25, 0.3) is 0 Å². The number of hydrogen-bond acceptors (Lipinski definition) is 6. The lowest BCUT2D eigenvalue weighted by molar-refractivity contribution is 0.0900. The molecule has 2 unspecified atom stereocenters. The van der Waals surface area contributed by atoms with Gasteiger partial charge in [0, 0.05) is 31.1 Å². The molecular formula is C14H23N5O. The molecule has 1 saturated carbocycles. The molecule has 2 aliphatic rings. The first-order valence-electron chi connectivity index (χ1n) is 7.51. The lowest BCUT2D eigenvalue weighted by Crippen LogP contribution is -2.23. The molecule has 6 nitrogen and oxygen atoms in total. The van der Waals surface area contributed by atoms with E-state index in [1.165, 1.54) is 12.8 Å². The number of nitrogens with two attached hydrogens (primary N) is 1. The minimum absolute atomic E-state index is 0.374. The predicted octanol–water partition coefficient (Wildman–Crippen LogP) is 1.87. The first-order chi connectivity index (χ1) is 9.80. The van der Waals surface area contributed by atoms with Gasteiger partial charge in [0.05, 0.1) is 6.10 Å². The quantitative estimate of drug-likeness (QED) is 0.543. The Bertz CT molecular complexity index is 463. The summed E-state index contributed by atoms with van der Waals surface area (Å²) in [7, 11) is 0. The Morgan fingerprint density at radius 1 is 1.30 bits per heavy atom. The van der Waals surface area contributed by atoms with E-state index >= 15 is 0 Å². The first kappa shape index (κ1) is 13.6. The topological polar surface area (TPSA) is 85.1 Å². The van der Waals surface area contributed by atoms with Gasteiger partial charge in [-0.3, -0.25) is 0 Å². The minimum Gasteiger partial charge on any atom is -0.378 e. The van der Waals surface area contributed by atoms with Crippen LogP contribution in [-0.4, -0.2) is 29.2 Å². The molecule has 1 aromatic heterocycles. The second-order valence-corrected chi connectivity index (χ2v) is 5.66. The number of hydrogen-bond donors (Lipinski definition) is 3. The molecule has 1 aliphatic heterocycles. The van der Waals surface area contributed by atoms with Crippen LogP contribution in [-0.2, 0) is 4.74 Å². The molecule has 1 saturated heterocycles. The molecule has 2 atom stereocenters. The molecule has 3 rings (SSSR count). The van der Waals surface area contributed by atoms with Gasteiger partial charge in [-0.15, -0.1) is 0 Å². The van der Waals surface area contributed by atoms with Crippen molar-refractivity contribution in [3.63, 3.8) is 0 Å². The fourth-order valence-corrected chi connectivity index (χ4v) is 2.77. The van der Waals surface area contributed by atoms with E-state index in [0.717, 1.165) is 37.6 Å². The van der Waals surface area contributed by atoms with Gasteiger partial charge < -0.3 is 15.5 Å². The van der Waals surface area contributed by atoms with Crippen molar-refractivity contribution in [2.45, 2.75) is 44.6 Å². The van der Waals surface area contributed by atoms with Gasteiger partial charge in [-0.05, 0) is 25.7 Å². The summed E-state index contributed by atoms with van der Waals surface area (Å²) < 4.78 is 5.71. The number of ether oxygens (including phenoxy) is 1. The third-order valence-electron chi connectivity index (χ3n) is 4.13. The Morgan fingerprint density at radius 3 is 2.80 bits per heavy atom. The number of nitrogens with zero attached hydrogens (tertiary/aromatic N) is 2. The zero-order valence-corrected chi connectivity index (χ0v) is 11.9. The van der Waals surface area contributed by atoms with Crippen molar-refractivity contribution in [2.24, 2.45) is 11.8 Å². The number of aromatic nitrogens is 2. The molecule has 2 fully saturated rings. The van der Waals surface area contributed by atoms with Crippen molar-refractivity contribution < 1.29 is 4.74 Å². The Kier molecular flexibility index (Phi) is 4.03. The average molecular weight is 277 g/mol. The van der Waals surface area contributed by atoms with Crippen molar-refractivity contribution in [3.05, 3.63) is 11.9 Å². The lowest BCUT2D eigenvalue weighted by atomic mass is 10.00. The maximum atomic E-state index is 5.71. The van der Waals surface area contributed by atoms with Crippen LogP contribution in [0.25, 0.3) is 0 Å². The van der Waals surface area contributed by atoms with Crippen LogP contribution in [0.2, 0.25) is 0 Å². The van der Waals surface area contributed by atoms with Crippen LogP contribution in [0.4, 0.5) is 11.6 Å². The molecule has 0 spiro atoms. The largest absolute Gasteiger partial charge is 0.378 e. The van der Waals surface area contributed by atoms with E-state index in [4.69, 9.17) is 10.6 Å². The molecular weight excluding hydrogens is 254 g/mol. The van der Waals surface area contributed by atoms with E-state index in [1.807, 2.05) is 6.07 Å². The maximum absolute atomic E-state index is 5.71. The normalized spacial score (nSPS) is 25.7. The molecule has 0 radical (unpaired) electrons. The van der Waals surface area contributed by atoms with E-state index in [-0.39, 0.29) is 0 Å². The highest BCUT2D eigenvalue weighted by molar-refractivity contribution is 5.47. The zero-order chi connectivity index (χ0) is 13.9. The van der Waals surface area contributed by atoms with E-state index in [0.29, 0.717) is 23.8 Å². The second-order valence-electron chi connectivity index (χ2n) is 5.66. The summed E-state index contributed by atoms with van der Waals surface area (Å²) in [4.78, 5) is 9.01. The Hall–Kier alpha value is -1.40. The molecule has 110 valence electrons. The van der Waals surface area contributed by atoms with E-state index < -0.39 is 0 Å². The summed E-state index contributed by atoms with van der Waals surface area (Å²) in [5.74, 6) is 9.00. The zero-order valence-electron chi connectivity index (χ0n) is 11.9. The summed E-state index contributed by atoms with van der Waals surface area (Å²) in [6.07, 6.45) is 4.93. The second kappa shape index (κ2) is 5.93. The van der Waals surface area contributed by atoms with E-state index in [9.17, 15) is 0 Å². The standard InChI is InChI=1S/C14H23N5O/c1-2-11-10(5-6-20-11)8-16-12-7-13(19-15)18-14(17-12)9-3-4-9/h7,9-11H,2-6,8,15H2,1H3,(H2,16,17,18,19). The van der Waals surface area contributed by atoms with E-state index in [1.54, 1.807) is 0 Å². The summed E-state index contributed by atoms with van der Waals surface area (Å²) in [5.41, 5.74) is 2.62. The molecule has 1 aromatic rings. The van der Waals surface area contributed by atoms with Gasteiger partial charge in [0.15, 0.2) is 0 Å². The van der Waals surface area contributed by atoms with Crippen LogP contribution in [0.1, 0.15) is 44.3 Å². The van der Waals surface area contributed by atoms with Crippen LogP contribution < -0.4 is 16.6 Å². The Labute approximate surface area is 119 Å². The number of rotatable bonds is 6. The third-order valence-corrected chi connectivity index (χ3v) is 4.13. The molecule has 0 bridgehead atoms. The van der Waals surface area contributed by atoms with Crippen molar-refractivity contribution in [2.75, 3.05) is 23.9 Å². The summed E-state index contributed by atoms with van der Waals surface area (Å²) in [6, 6.07) is 1.86. The molecule has 1 aliphatic carbocycles. The predicted molar refractivity (Wildman–Crippen MR) is 78.4 cm³/mol. The molecule has 0 aromatic carbocycles. The summed E-state index contributed by atoms with van der Waals surface area (Å²) in [5, 5.41) is 3.42. The molecule has 4 N–H and O–H groups in total.